The number of imidazole rings is 1. The van der Waals surface area contributed by atoms with E-state index in [1.54, 1.807) is 0 Å². The van der Waals surface area contributed by atoms with Crippen LogP contribution >= 0.6 is 0 Å². The lowest BCUT2D eigenvalue weighted by Crippen LogP contribution is -2.49. The molecule has 0 unspecified atom stereocenters. The Morgan fingerprint density at radius 3 is 2.88 bits per heavy atom. The van der Waals surface area contributed by atoms with Crippen LogP contribution in [0, 0.1) is 11.7 Å². The number of nitrogens with one attached hydrogen (secondary N) is 3. The van der Waals surface area contributed by atoms with Gasteiger partial charge in [0.2, 0.25) is 0 Å². The molecule has 7 nitrogen and oxygen atoms in total. The minimum atomic E-state index is -0.614. The Balaban J connectivity index is 1.31. The number of fused-ring (bicyclic) bond motifs is 2. The van der Waals surface area contributed by atoms with E-state index in [0.717, 1.165) is 89.9 Å². The van der Waals surface area contributed by atoms with Crippen LogP contribution in [0.1, 0.15) is 23.9 Å². The molecule has 6 rings (SSSR count). The first-order valence-electron chi connectivity index (χ1n) is 11.6. The molecule has 170 valence electrons. The van der Waals surface area contributed by atoms with Crippen LogP contribution in [0.25, 0.3) is 33.5 Å². The van der Waals surface area contributed by atoms with E-state index in [4.69, 9.17) is 4.98 Å². The second-order valence-corrected chi connectivity index (χ2v) is 9.17. The summed E-state index contributed by atoms with van der Waals surface area (Å²) in [5.74, 6) is 0.617. The maximum Gasteiger partial charge on any atom is 0.165 e. The molecule has 0 saturated carbocycles. The molecule has 1 saturated heterocycles. The van der Waals surface area contributed by atoms with Crippen molar-refractivity contribution in [3.05, 3.63) is 53.1 Å². The Morgan fingerprint density at radius 1 is 1.21 bits per heavy atom. The van der Waals surface area contributed by atoms with Crippen LogP contribution in [-0.2, 0) is 19.4 Å². The monoisotopic (exact) mass is 446 g/mol. The summed E-state index contributed by atoms with van der Waals surface area (Å²) >= 11 is 0. The molecule has 0 atom stereocenters. The Labute approximate surface area is 191 Å². The van der Waals surface area contributed by atoms with Crippen molar-refractivity contribution < 1.29 is 9.50 Å². The Kier molecular flexibility index (Phi) is 4.92. The van der Waals surface area contributed by atoms with Gasteiger partial charge in [0.25, 0.3) is 0 Å². The zero-order valence-electron chi connectivity index (χ0n) is 18.6. The number of hydrogen-bond acceptors (Lipinski definition) is 5. The minimum absolute atomic E-state index is 0.315. The lowest BCUT2D eigenvalue weighted by molar-refractivity contribution is 0.177. The second-order valence-electron chi connectivity index (χ2n) is 9.17. The average Bonchev–Trinajstić information content (AvgIpc) is 3.40. The molecule has 0 aliphatic carbocycles. The molecule has 0 amide bonds. The van der Waals surface area contributed by atoms with Gasteiger partial charge in [-0.15, -0.1) is 0 Å². The SMILES string of the molecule is CCc1cc(O)c(F)cc1-c1ccc2c(-c3nc4c([nH]3)CN(CC3CNC3)CC4)n[nH]c2c1. The number of phenols is 1. The maximum absolute atomic E-state index is 14.1. The van der Waals surface area contributed by atoms with Crippen molar-refractivity contribution in [2.24, 2.45) is 5.92 Å². The minimum Gasteiger partial charge on any atom is -0.505 e. The van der Waals surface area contributed by atoms with Crippen LogP contribution in [0.3, 0.4) is 0 Å². The molecular formula is C25H27FN6O. The van der Waals surface area contributed by atoms with Gasteiger partial charge in [0.15, 0.2) is 17.4 Å². The smallest absolute Gasteiger partial charge is 0.165 e. The molecule has 2 aliphatic rings. The van der Waals surface area contributed by atoms with Gasteiger partial charge >= 0.3 is 0 Å². The number of aromatic hydroxyl groups is 1. The van der Waals surface area contributed by atoms with E-state index in [0.29, 0.717) is 6.42 Å². The van der Waals surface area contributed by atoms with Crippen molar-refractivity contribution in [1.29, 1.82) is 0 Å². The first kappa shape index (κ1) is 20.4. The van der Waals surface area contributed by atoms with Gasteiger partial charge in [-0.3, -0.25) is 10.00 Å². The van der Waals surface area contributed by atoms with E-state index in [-0.39, 0.29) is 5.75 Å². The van der Waals surface area contributed by atoms with Crippen LogP contribution in [0.5, 0.6) is 5.75 Å². The highest BCUT2D eigenvalue weighted by Crippen LogP contribution is 2.34. The maximum atomic E-state index is 14.1. The van der Waals surface area contributed by atoms with E-state index >= 15 is 0 Å². The van der Waals surface area contributed by atoms with Gasteiger partial charge in [0.05, 0.1) is 16.9 Å². The number of rotatable bonds is 5. The van der Waals surface area contributed by atoms with E-state index in [9.17, 15) is 9.50 Å². The molecule has 2 aromatic carbocycles. The number of phenolic OH excluding ortho intramolecular Hbond substituents is 1. The van der Waals surface area contributed by atoms with Crippen molar-refractivity contribution in [2.45, 2.75) is 26.3 Å². The Morgan fingerprint density at radius 2 is 2.09 bits per heavy atom. The highest BCUT2D eigenvalue weighted by molar-refractivity contribution is 5.94. The van der Waals surface area contributed by atoms with Gasteiger partial charge in [-0.1, -0.05) is 13.0 Å². The van der Waals surface area contributed by atoms with Gasteiger partial charge in [-0.05, 0) is 53.3 Å². The van der Waals surface area contributed by atoms with Crippen molar-refractivity contribution in [3.63, 3.8) is 0 Å². The molecule has 4 N–H and O–H groups in total. The molecule has 33 heavy (non-hydrogen) atoms. The fourth-order valence-electron chi connectivity index (χ4n) is 4.99. The second kappa shape index (κ2) is 7.97. The molecule has 2 aliphatic heterocycles. The van der Waals surface area contributed by atoms with Crippen molar-refractivity contribution in [2.75, 3.05) is 26.2 Å². The quantitative estimate of drug-likeness (QED) is 0.376. The van der Waals surface area contributed by atoms with Crippen LogP contribution < -0.4 is 5.32 Å². The number of halogens is 1. The van der Waals surface area contributed by atoms with Crippen LogP contribution in [0.4, 0.5) is 4.39 Å². The Bertz CT molecular complexity index is 1340. The van der Waals surface area contributed by atoms with E-state index in [1.165, 1.54) is 17.8 Å². The molecule has 4 heterocycles. The summed E-state index contributed by atoms with van der Waals surface area (Å²) in [6, 6.07) is 8.87. The van der Waals surface area contributed by atoms with Crippen molar-refractivity contribution in [3.8, 4) is 28.4 Å². The zero-order chi connectivity index (χ0) is 22.5. The van der Waals surface area contributed by atoms with E-state index in [2.05, 4.69) is 25.4 Å². The molecular weight excluding hydrogens is 419 g/mol. The number of nitrogens with zero attached hydrogens (tertiary/aromatic N) is 3. The van der Waals surface area contributed by atoms with Crippen molar-refractivity contribution >= 4 is 10.9 Å². The predicted molar refractivity (Wildman–Crippen MR) is 125 cm³/mol. The molecule has 0 spiro atoms. The summed E-state index contributed by atoms with van der Waals surface area (Å²) in [5.41, 5.74) is 6.54. The molecule has 0 radical (unpaired) electrons. The fraction of sp³-hybridized carbons (Fsp3) is 0.360. The standard InChI is InChI=1S/C25H27FN6O/c1-2-15-8-23(33)19(26)9-18(15)16-3-4-17-21(7-16)30-31-24(17)25-28-20-5-6-32(13-22(20)29-25)12-14-10-27-11-14/h3-4,7-9,14,27,33H,2,5-6,10-13H2,1H3,(H,28,29)(H,30,31). The lowest BCUT2D eigenvalue weighted by atomic mass is 9.96. The highest BCUT2D eigenvalue weighted by Gasteiger charge is 2.26. The van der Waals surface area contributed by atoms with Gasteiger partial charge in [-0.25, -0.2) is 9.37 Å². The van der Waals surface area contributed by atoms with Crippen LogP contribution in [-0.4, -0.2) is 56.4 Å². The number of hydrogen-bond donors (Lipinski definition) is 4. The predicted octanol–water partition coefficient (Wildman–Crippen LogP) is 3.60. The van der Waals surface area contributed by atoms with Crippen molar-refractivity contribution in [1.82, 2.24) is 30.4 Å². The van der Waals surface area contributed by atoms with E-state index in [1.807, 2.05) is 25.1 Å². The number of benzene rings is 2. The van der Waals surface area contributed by atoms with E-state index < -0.39 is 5.82 Å². The number of H-pyrrole nitrogens is 2. The fourth-order valence-corrected chi connectivity index (χ4v) is 4.99. The molecule has 2 aromatic heterocycles. The third-order valence-corrected chi connectivity index (χ3v) is 6.95. The average molecular weight is 447 g/mol. The van der Waals surface area contributed by atoms with Gasteiger partial charge in [0, 0.05) is 44.5 Å². The first-order valence-corrected chi connectivity index (χ1v) is 11.6. The van der Waals surface area contributed by atoms with Crippen LogP contribution in [0.2, 0.25) is 0 Å². The van der Waals surface area contributed by atoms with Gasteiger partial charge in [0.1, 0.15) is 5.69 Å². The topological polar surface area (TPSA) is 92.9 Å². The van der Waals surface area contributed by atoms with Gasteiger partial charge < -0.3 is 15.4 Å². The third-order valence-electron chi connectivity index (χ3n) is 6.95. The summed E-state index contributed by atoms with van der Waals surface area (Å²) in [4.78, 5) is 10.9. The van der Waals surface area contributed by atoms with Crippen LogP contribution in [0.15, 0.2) is 30.3 Å². The third kappa shape index (κ3) is 3.59. The summed E-state index contributed by atoms with van der Waals surface area (Å²) in [5, 5.41) is 21.7. The summed E-state index contributed by atoms with van der Waals surface area (Å²) in [6.07, 6.45) is 1.65. The number of aromatic amines is 2. The number of aryl methyl sites for hydroxylation is 1. The highest BCUT2D eigenvalue weighted by atomic mass is 19.1. The molecule has 0 bridgehead atoms. The zero-order valence-corrected chi connectivity index (χ0v) is 18.6. The Hall–Kier alpha value is -3.23. The normalized spacial score (nSPS) is 16.8. The first-order chi connectivity index (χ1) is 16.1. The molecule has 4 aromatic rings. The largest absolute Gasteiger partial charge is 0.505 e. The van der Waals surface area contributed by atoms with Gasteiger partial charge in [-0.2, -0.15) is 5.10 Å². The summed E-state index contributed by atoms with van der Waals surface area (Å²) in [7, 11) is 0. The molecule has 1 fully saturated rings. The number of aromatic nitrogens is 4. The summed E-state index contributed by atoms with van der Waals surface area (Å²) in [6.45, 7) is 7.31. The lowest BCUT2D eigenvalue weighted by Gasteiger charge is -2.34. The summed E-state index contributed by atoms with van der Waals surface area (Å²) < 4.78 is 14.1. The molecule has 8 heteroatoms.